The second-order valence-electron chi connectivity index (χ2n) is 8.39. The molecule has 7 nitrogen and oxygen atoms in total. The molecular formula is C23H26N4O3. The van der Waals surface area contributed by atoms with E-state index in [1.54, 1.807) is 25.3 Å². The van der Waals surface area contributed by atoms with Gasteiger partial charge in [-0.2, -0.15) is 5.10 Å². The molecule has 1 aliphatic rings. The zero-order valence-corrected chi connectivity index (χ0v) is 18.2. The molecule has 0 aliphatic carbocycles. The topological polar surface area (TPSA) is 69.5 Å². The van der Waals surface area contributed by atoms with E-state index in [0.717, 1.165) is 28.2 Å². The lowest BCUT2D eigenvalue weighted by Crippen LogP contribution is -2.24. The SMILES string of the molecule is COc1cccc(-c2cc(C)c3c(n2)CN(c2cnn(C(C)(C)C)c2)C3=O)c1OC. The van der Waals surface area contributed by atoms with Crippen molar-refractivity contribution in [3.8, 4) is 22.8 Å². The van der Waals surface area contributed by atoms with Crippen LogP contribution in [0.1, 0.15) is 42.4 Å². The second-order valence-corrected chi connectivity index (χ2v) is 8.39. The predicted octanol–water partition coefficient (Wildman–Crippen LogP) is 4.19. The van der Waals surface area contributed by atoms with Crippen molar-refractivity contribution in [2.24, 2.45) is 0 Å². The number of nitrogens with zero attached hydrogens (tertiary/aromatic N) is 4. The Morgan fingerprint density at radius 1 is 1.13 bits per heavy atom. The highest BCUT2D eigenvalue weighted by molar-refractivity contribution is 6.10. The fraction of sp³-hybridized carbons (Fsp3) is 0.348. The first-order valence-corrected chi connectivity index (χ1v) is 9.83. The van der Waals surface area contributed by atoms with Crippen LogP contribution in [-0.4, -0.2) is 34.9 Å². The monoisotopic (exact) mass is 406 g/mol. The number of carbonyl (C=O) groups is 1. The van der Waals surface area contributed by atoms with Gasteiger partial charge in [-0.05, 0) is 51.5 Å². The Morgan fingerprint density at radius 3 is 2.53 bits per heavy atom. The normalized spacial score (nSPS) is 13.5. The first kappa shape index (κ1) is 19.9. The zero-order valence-electron chi connectivity index (χ0n) is 18.2. The number of anilines is 1. The number of benzene rings is 1. The van der Waals surface area contributed by atoms with Crippen LogP contribution in [0.15, 0.2) is 36.7 Å². The Kier molecular flexibility index (Phi) is 4.76. The summed E-state index contributed by atoms with van der Waals surface area (Å²) in [6, 6.07) is 7.62. The number of aromatic nitrogens is 3. The lowest BCUT2D eigenvalue weighted by Gasteiger charge is -2.19. The van der Waals surface area contributed by atoms with Gasteiger partial charge in [0.1, 0.15) is 0 Å². The highest BCUT2D eigenvalue weighted by Gasteiger charge is 2.33. The third-order valence-corrected chi connectivity index (χ3v) is 5.31. The van der Waals surface area contributed by atoms with Gasteiger partial charge < -0.3 is 9.47 Å². The lowest BCUT2D eigenvalue weighted by atomic mass is 10.0. The van der Waals surface area contributed by atoms with Crippen LogP contribution in [0.3, 0.4) is 0 Å². The summed E-state index contributed by atoms with van der Waals surface area (Å²) >= 11 is 0. The Hall–Kier alpha value is -3.35. The molecule has 7 heteroatoms. The van der Waals surface area contributed by atoms with Gasteiger partial charge in [0.25, 0.3) is 5.91 Å². The van der Waals surface area contributed by atoms with E-state index in [-0.39, 0.29) is 11.4 Å². The van der Waals surface area contributed by atoms with Gasteiger partial charge in [-0.3, -0.25) is 14.4 Å². The maximum Gasteiger partial charge on any atom is 0.260 e. The summed E-state index contributed by atoms with van der Waals surface area (Å²) in [5.41, 5.74) is 4.49. The van der Waals surface area contributed by atoms with Crippen molar-refractivity contribution in [2.45, 2.75) is 39.8 Å². The van der Waals surface area contributed by atoms with Crippen LogP contribution >= 0.6 is 0 Å². The molecule has 0 radical (unpaired) electrons. The quantitative estimate of drug-likeness (QED) is 0.650. The molecule has 156 valence electrons. The van der Waals surface area contributed by atoms with Gasteiger partial charge in [0.05, 0.1) is 55.1 Å². The van der Waals surface area contributed by atoms with Crippen LogP contribution in [0, 0.1) is 6.92 Å². The van der Waals surface area contributed by atoms with Crippen LogP contribution in [0.2, 0.25) is 0 Å². The maximum atomic E-state index is 13.2. The number of fused-ring (bicyclic) bond motifs is 1. The van der Waals surface area contributed by atoms with E-state index in [9.17, 15) is 4.79 Å². The molecule has 0 saturated heterocycles. The Labute approximate surface area is 176 Å². The van der Waals surface area contributed by atoms with Gasteiger partial charge in [-0.15, -0.1) is 0 Å². The molecule has 0 saturated carbocycles. The third kappa shape index (κ3) is 3.20. The van der Waals surface area contributed by atoms with Crippen molar-refractivity contribution >= 4 is 11.6 Å². The number of hydrogen-bond acceptors (Lipinski definition) is 5. The Morgan fingerprint density at radius 2 is 1.90 bits per heavy atom. The molecule has 1 aromatic carbocycles. The fourth-order valence-electron chi connectivity index (χ4n) is 3.76. The zero-order chi connectivity index (χ0) is 21.6. The highest BCUT2D eigenvalue weighted by atomic mass is 16.5. The molecule has 0 N–H and O–H groups in total. The summed E-state index contributed by atoms with van der Waals surface area (Å²) in [7, 11) is 3.22. The minimum Gasteiger partial charge on any atom is -0.493 e. The molecule has 0 atom stereocenters. The van der Waals surface area contributed by atoms with Gasteiger partial charge in [0, 0.05) is 11.8 Å². The summed E-state index contributed by atoms with van der Waals surface area (Å²) in [5.74, 6) is 1.22. The number of para-hydroxylation sites is 1. The number of pyridine rings is 1. The van der Waals surface area contributed by atoms with Crippen LogP contribution in [-0.2, 0) is 12.1 Å². The number of rotatable bonds is 4. The van der Waals surface area contributed by atoms with Crippen molar-refractivity contribution in [3.63, 3.8) is 0 Å². The van der Waals surface area contributed by atoms with Crippen molar-refractivity contribution in [1.82, 2.24) is 14.8 Å². The van der Waals surface area contributed by atoms with Gasteiger partial charge in [0.15, 0.2) is 11.5 Å². The van der Waals surface area contributed by atoms with Crippen molar-refractivity contribution in [2.75, 3.05) is 19.1 Å². The first-order chi connectivity index (χ1) is 14.2. The minimum atomic E-state index is -0.155. The molecule has 0 fully saturated rings. The molecule has 3 aromatic rings. The number of methoxy groups -OCH3 is 2. The molecule has 0 unspecified atom stereocenters. The average molecular weight is 406 g/mol. The molecule has 4 rings (SSSR count). The lowest BCUT2D eigenvalue weighted by molar-refractivity contribution is 0.0996. The summed E-state index contributed by atoms with van der Waals surface area (Å²) < 4.78 is 12.9. The second kappa shape index (κ2) is 7.16. The number of carbonyl (C=O) groups excluding carboxylic acids is 1. The van der Waals surface area contributed by atoms with Crippen LogP contribution in [0.4, 0.5) is 5.69 Å². The third-order valence-electron chi connectivity index (χ3n) is 5.31. The summed E-state index contributed by atoms with van der Waals surface area (Å²) in [4.78, 5) is 19.7. The highest BCUT2D eigenvalue weighted by Crippen LogP contribution is 2.39. The average Bonchev–Trinajstić information content (AvgIpc) is 3.32. The minimum absolute atomic E-state index is 0.0485. The molecule has 1 amide bonds. The maximum absolute atomic E-state index is 13.2. The fourth-order valence-corrected chi connectivity index (χ4v) is 3.76. The number of amides is 1. The van der Waals surface area contributed by atoms with E-state index >= 15 is 0 Å². The molecule has 0 bridgehead atoms. The van der Waals surface area contributed by atoms with E-state index in [1.165, 1.54) is 0 Å². The molecular weight excluding hydrogens is 380 g/mol. The van der Waals surface area contributed by atoms with Gasteiger partial charge in [0.2, 0.25) is 0 Å². The molecule has 2 aromatic heterocycles. The van der Waals surface area contributed by atoms with Gasteiger partial charge in [-0.25, -0.2) is 4.98 Å². The molecule has 1 aliphatic heterocycles. The Balaban J connectivity index is 1.75. The summed E-state index contributed by atoms with van der Waals surface area (Å²) in [6.45, 7) is 8.57. The van der Waals surface area contributed by atoms with Crippen molar-refractivity contribution < 1.29 is 14.3 Å². The summed E-state index contributed by atoms with van der Waals surface area (Å²) in [6.07, 6.45) is 3.64. The summed E-state index contributed by atoms with van der Waals surface area (Å²) in [5, 5.41) is 4.43. The van der Waals surface area contributed by atoms with Gasteiger partial charge in [-0.1, -0.05) is 6.07 Å². The van der Waals surface area contributed by atoms with Crippen LogP contribution in [0.25, 0.3) is 11.3 Å². The smallest absolute Gasteiger partial charge is 0.260 e. The number of hydrogen-bond donors (Lipinski definition) is 0. The van der Waals surface area contributed by atoms with E-state index in [4.69, 9.17) is 14.5 Å². The molecule has 30 heavy (non-hydrogen) atoms. The van der Waals surface area contributed by atoms with E-state index in [1.807, 2.05) is 42.1 Å². The first-order valence-electron chi connectivity index (χ1n) is 9.83. The predicted molar refractivity (Wildman–Crippen MR) is 115 cm³/mol. The van der Waals surface area contributed by atoms with Gasteiger partial charge >= 0.3 is 0 Å². The number of ether oxygens (including phenoxy) is 2. The van der Waals surface area contributed by atoms with Crippen LogP contribution in [0.5, 0.6) is 11.5 Å². The molecule has 0 spiro atoms. The standard InChI is InChI=1S/C23H26N4O3/c1-14-10-17(16-8-7-9-19(29-5)21(16)30-6)25-18-13-26(22(28)20(14)18)15-11-24-27(12-15)23(2,3)4/h7-12H,13H2,1-6H3. The largest absolute Gasteiger partial charge is 0.493 e. The van der Waals surface area contributed by atoms with Crippen LogP contribution < -0.4 is 14.4 Å². The Bertz CT molecular complexity index is 1130. The van der Waals surface area contributed by atoms with E-state index in [0.29, 0.717) is 23.6 Å². The van der Waals surface area contributed by atoms with Crippen molar-refractivity contribution in [1.29, 1.82) is 0 Å². The number of aryl methyl sites for hydroxylation is 1. The molecule has 3 heterocycles. The van der Waals surface area contributed by atoms with Crippen molar-refractivity contribution in [3.05, 3.63) is 53.5 Å². The van der Waals surface area contributed by atoms with E-state index < -0.39 is 0 Å². The van der Waals surface area contributed by atoms with E-state index in [2.05, 4.69) is 25.9 Å².